The van der Waals surface area contributed by atoms with Crippen molar-refractivity contribution >= 4 is 76.7 Å². The highest BCUT2D eigenvalue weighted by atomic mass is 127. The fourth-order valence-electron chi connectivity index (χ4n) is 6.46. The van der Waals surface area contributed by atoms with Crippen LogP contribution in [0.2, 0.25) is 0 Å². The zero-order valence-corrected chi connectivity index (χ0v) is 50.1. The number of hydrogen-bond donors (Lipinski definition) is 1. The van der Waals surface area contributed by atoms with E-state index < -0.39 is 68.4 Å². The van der Waals surface area contributed by atoms with Crippen LogP contribution in [0.3, 0.4) is 0 Å². The molecule has 79 heavy (non-hydrogen) atoms. The van der Waals surface area contributed by atoms with Gasteiger partial charge in [-0.05, 0) is 154 Å². The molecule has 0 saturated carbocycles. The molecule has 0 spiro atoms. The molecule has 0 bridgehead atoms. The lowest BCUT2D eigenvalue weighted by Gasteiger charge is -2.32. The molecule has 0 aliphatic carbocycles. The second kappa shape index (κ2) is 29.1. The van der Waals surface area contributed by atoms with Crippen LogP contribution in [0.4, 0.5) is 43.9 Å². The van der Waals surface area contributed by atoms with E-state index >= 15 is 0 Å². The first kappa shape index (κ1) is 67.2. The Morgan fingerprint density at radius 2 is 0.949 bits per heavy atom. The Kier molecular flexibility index (Phi) is 24.7. The molecule has 0 unspecified atom stereocenters. The number of nitrogens with one attached hydrogen (secondary N) is 1. The topological polar surface area (TPSA) is 138 Å². The van der Waals surface area contributed by atoms with E-state index in [4.69, 9.17) is 50.5 Å². The lowest BCUT2D eigenvalue weighted by Crippen LogP contribution is -2.41. The van der Waals surface area contributed by atoms with Crippen molar-refractivity contribution in [1.82, 2.24) is 29.8 Å². The molecule has 3 aromatic carbocycles. The van der Waals surface area contributed by atoms with Gasteiger partial charge in [-0.25, -0.2) is 0 Å². The number of hydrogen-bond acceptors (Lipinski definition) is 11. The summed E-state index contributed by atoms with van der Waals surface area (Å²) in [6.45, 7) is 15.6. The van der Waals surface area contributed by atoms with Crippen LogP contribution in [0.1, 0.15) is 90.5 Å². The third kappa shape index (κ3) is 20.0. The van der Waals surface area contributed by atoms with Crippen molar-refractivity contribution in [1.29, 1.82) is 0 Å². The average molecular weight is 1380 g/mol. The molecule has 5 heterocycles. The Bertz CT molecular complexity index is 2750. The van der Waals surface area contributed by atoms with Crippen LogP contribution in [0, 0.1) is 7.14 Å². The predicted molar refractivity (Wildman–Crippen MR) is 296 cm³/mol. The van der Waals surface area contributed by atoms with Crippen LogP contribution < -0.4 is 19.7 Å². The van der Waals surface area contributed by atoms with Crippen molar-refractivity contribution in [2.24, 2.45) is 0 Å². The largest absolute Gasteiger partial charge is 0.640 e. The van der Waals surface area contributed by atoms with E-state index in [0.717, 1.165) is 28.6 Å². The van der Waals surface area contributed by atoms with E-state index in [1.54, 1.807) is 150 Å². The Balaban J connectivity index is 0.000000276. The van der Waals surface area contributed by atoms with Gasteiger partial charge in [0, 0.05) is 30.8 Å². The SMILES string of the molecule is COB1OC(C)(C)C(C)(C)O1.COc1ccc(CCl)cc1.COc1ccc(Cn2cc(B3OC(C)(C)C(C)(C)O3)c(C(F)(F)F)n2)cc1.COc1ccc(Cn2cc(I)c(C(F)(F)F)n2)cc1.FC(F)(F)c1[nH]ncc1I.[2H]CF. The van der Waals surface area contributed by atoms with Crippen molar-refractivity contribution in [2.45, 2.75) is 115 Å². The molecule has 0 radical (unpaired) electrons. The molecule has 0 amide bonds. The first-order valence-corrected chi connectivity index (χ1v) is 26.0. The molecule has 3 aromatic heterocycles. The summed E-state index contributed by atoms with van der Waals surface area (Å²) in [7, 11) is 3.68. The van der Waals surface area contributed by atoms with Gasteiger partial charge in [-0.3, -0.25) is 18.9 Å². The summed E-state index contributed by atoms with van der Waals surface area (Å²) in [6, 6.07) is 21.9. The van der Waals surface area contributed by atoms with Gasteiger partial charge < -0.3 is 37.5 Å². The van der Waals surface area contributed by atoms with Gasteiger partial charge in [-0.15, -0.1) is 11.6 Å². The minimum absolute atomic E-state index is 0.0881. The number of nitrogens with zero attached hydrogens (tertiary/aromatic N) is 5. The fourth-order valence-corrected chi connectivity index (χ4v) is 7.94. The summed E-state index contributed by atoms with van der Waals surface area (Å²) >= 11 is 8.79. The standard InChI is InChI=1S/C18H22BF3N2O3.C12H10F3IN2O.C8H9ClO.C7H15BO3.C4H2F3IN2.CH3F/c1-16(2)17(3,4)27-19(26-16)14-11-24(23-15(14)18(20,21)22)10-12-6-8-13(25-5)9-7-12;1-19-9-4-2-8(3-5-9)6-18-7-10(16)11(17-18)12(13,14)15;1-10-8-4-2-7(6-9)3-5-8;1-6(2)7(3,4)11-8(9-5)10-6;5-4(6,7)3-2(8)1-9-10-3;1-2/h6-9,11H,10H2,1-5H3;2-5,7H,6H2,1H3;2-5H,6H2,1H3;1-5H3;1H,(H,9,10);1H3/i;;;;;1D. The van der Waals surface area contributed by atoms with Crippen molar-refractivity contribution < 1.29 is 82.8 Å². The first-order chi connectivity index (χ1) is 37.0. The molecular formula is C50H61B2ClF10I2N6O8. The maximum atomic E-state index is 13.5. The predicted octanol–water partition coefficient (Wildman–Crippen LogP) is 13.1. The molecule has 1 N–H and O–H groups in total. The van der Waals surface area contributed by atoms with Gasteiger partial charge in [0.1, 0.15) is 17.2 Å². The third-order valence-corrected chi connectivity index (χ3v) is 14.1. The Labute approximate surface area is 486 Å². The Morgan fingerprint density at radius 1 is 0.582 bits per heavy atom. The summed E-state index contributed by atoms with van der Waals surface area (Å²) < 4.78 is 175. The second-order valence-corrected chi connectivity index (χ2v) is 21.4. The van der Waals surface area contributed by atoms with E-state index in [2.05, 4.69) is 15.3 Å². The van der Waals surface area contributed by atoms with Crippen LogP contribution in [-0.4, -0.2) is 102 Å². The van der Waals surface area contributed by atoms with Gasteiger partial charge in [0.05, 0.1) is 78.7 Å². The number of methoxy groups -OCH3 is 3. The van der Waals surface area contributed by atoms with Gasteiger partial charge in [-0.2, -0.15) is 54.8 Å². The second-order valence-electron chi connectivity index (χ2n) is 18.8. The number of rotatable bonds is 10. The molecule has 2 saturated heterocycles. The molecule has 2 aliphatic rings. The Hall–Kier alpha value is -4.33. The number of alkyl halides is 11. The van der Waals surface area contributed by atoms with E-state index in [1.165, 1.54) is 21.8 Å². The summed E-state index contributed by atoms with van der Waals surface area (Å²) in [5, 5.41) is 12.4. The molecule has 2 fully saturated rings. The molecule has 8 rings (SSSR count). The summed E-state index contributed by atoms with van der Waals surface area (Å²) in [5.41, 5.74) is -2.01. The van der Waals surface area contributed by atoms with Crippen molar-refractivity contribution in [2.75, 3.05) is 35.6 Å². The van der Waals surface area contributed by atoms with Crippen LogP contribution in [0.25, 0.3) is 0 Å². The minimum atomic E-state index is -4.61. The summed E-state index contributed by atoms with van der Waals surface area (Å²) in [6.07, 6.45) is -9.48. The van der Waals surface area contributed by atoms with Gasteiger partial charge in [-0.1, -0.05) is 36.4 Å². The number of benzene rings is 3. The highest BCUT2D eigenvalue weighted by Crippen LogP contribution is 2.39. The minimum Gasteiger partial charge on any atom is -0.497 e. The highest BCUT2D eigenvalue weighted by molar-refractivity contribution is 14.1. The normalized spacial score (nSPS) is 16.0. The zero-order chi connectivity index (χ0) is 60.7. The molecule has 14 nitrogen and oxygen atoms in total. The van der Waals surface area contributed by atoms with Gasteiger partial charge in [0.15, 0.2) is 17.1 Å². The van der Waals surface area contributed by atoms with Gasteiger partial charge in [0.2, 0.25) is 0 Å². The van der Waals surface area contributed by atoms with Crippen molar-refractivity contribution in [3.8, 4) is 17.2 Å². The lowest BCUT2D eigenvalue weighted by molar-refractivity contribution is -0.142. The quantitative estimate of drug-likeness (QED) is 0.0607. The van der Waals surface area contributed by atoms with Crippen LogP contribution in [0.5, 0.6) is 17.2 Å². The summed E-state index contributed by atoms with van der Waals surface area (Å²) in [5.74, 6) is 2.81. The highest BCUT2D eigenvalue weighted by Gasteiger charge is 2.55. The number of aromatic amines is 1. The Morgan fingerprint density at radius 3 is 1.24 bits per heavy atom. The number of ether oxygens (including phenoxy) is 3. The maximum absolute atomic E-state index is 13.5. The monoisotopic (exact) mass is 1380 g/mol. The molecule has 436 valence electrons. The number of H-pyrrole nitrogens is 1. The maximum Gasteiger partial charge on any atom is 0.640 e. The van der Waals surface area contributed by atoms with Gasteiger partial charge >= 0.3 is 33.0 Å². The van der Waals surface area contributed by atoms with Crippen LogP contribution >= 0.6 is 56.8 Å². The van der Waals surface area contributed by atoms with E-state index in [1.807, 2.05) is 57.1 Å². The van der Waals surface area contributed by atoms with Gasteiger partial charge in [0.25, 0.3) is 0 Å². The average Bonchev–Trinajstić information content (AvgIpc) is 4.19. The van der Waals surface area contributed by atoms with E-state index in [-0.39, 0.29) is 36.9 Å². The van der Waals surface area contributed by atoms with Crippen LogP contribution in [0.15, 0.2) is 91.4 Å². The van der Waals surface area contributed by atoms with Crippen LogP contribution in [-0.2, 0) is 60.8 Å². The van der Waals surface area contributed by atoms with Crippen molar-refractivity contribution in [3.05, 3.63) is 132 Å². The number of halogens is 13. The van der Waals surface area contributed by atoms with Crippen molar-refractivity contribution in [3.63, 3.8) is 0 Å². The van der Waals surface area contributed by atoms with E-state index in [0.29, 0.717) is 17.4 Å². The molecule has 2 aliphatic heterocycles. The molecular weight excluding hydrogens is 1310 g/mol. The number of aromatic nitrogens is 6. The third-order valence-electron chi connectivity index (χ3n) is 12.2. The molecule has 29 heteroatoms. The lowest BCUT2D eigenvalue weighted by atomic mass is 9.79. The zero-order valence-electron chi connectivity index (χ0n) is 46.1. The van der Waals surface area contributed by atoms with E-state index in [9.17, 15) is 43.9 Å². The first-order valence-electron chi connectivity index (χ1n) is 24.0. The molecule has 6 aromatic rings. The molecule has 0 atom stereocenters. The smallest absolute Gasteiger partial charge is 0.497 e. The fraction of sp³-hybridized carbons (Fsp3) is 0.460. The summed E-state index contributed by atoms with van der Waals surface area (Å²) in [4.78, 5) is 0.